The van der Waals surface area contributed by atoms with Crippen LogP contribution in [0.1, 0.15) is 30.9 Å². The summed E-state index contributed by atoms with van der Waals surface area (Å²) in [6, 6.07) is 3.89. The zero-order valence-electron chi connectivity index (χ0n) is 11.8. The van der Waals surface area contributed by atoms with E-state index in [4.69, 9.17) is 10.5 Å². The Hall–Kier alpha value is -1.26. The van der Waals surface area contributed by atoms with Crippen molar-refractivity contribution < 1.29 is 9.53 Å². The first-order valence-corrected chi connectivity index (χ1v) is 6.32. The lowest BCUT2D eigenvalue weighted by Crippen LogP contribution is -2.17. The topological polar surface area (TPSA) is 64.3 Å². The third-order valence-corrected chi connectivity index (χ3v) is 2.61. The molecule has 19 heavy (non-hydrogen) atoms. The van der Waals surface area contributed by atoms with E-state index >= 15 is 0 Å². The fourth-order valence-electron chi connectivity index (χ4n) is 1.76. The summed E-state index contributed by atoms with van der Waals surface area (Å²) >= 11 is 0. The third-order valence-electron chi connectivity index (χ3n) is 2.61. The van der Waals surface area contributed by atoms with Crippen LogP contribution in [0.5, 0.6) is 5.75 Å². The Labute approximate surface area is 121 Å². The van der Waals surface area contributed by atoms with Crippen molar-refractivity contribution in [2.45, 2.75) is 33.6 Å². The predicted octanol–water partition coefficient (Wildman–Crippen LogP) is 2.80. The fourth-order valence-corrected chi connectivity index (χ4v) is 1.76. The maximum Gasteiger partial charge on any atom is 0.225 e. The molecule has 0 unspecified atom stereocenters. The number of nitrogens with one attached hydrogen (secondary N) is 1. The average Bonchev–Trinajstić information content (AvgIpc) is 2.31. The van der Waals surface area contributed by atoms with Crippen LogP contribution in [0.3, 0.4) is 0 Å². The Morgan fingerprint density at radius 3 is 2.37 bits per heavy atom. The SMILES string of the molecule is CCCOc1cc(C)c(NC(=O)CCN)c(C)c1.Cl. The van der Waals surface area contributed by atoms with Crippen molar-refractivity contribution in [3.8, 4) is 5.75 Å². The van der Waals surface area contributed by atoms with Crippen LogP contribution in [-0.2, 0) is 4.79 Å². The minimum Gasteiger partial charge on any atom is -0.494 e. The average molecular weight is 287 g/mol. The highest BCUT2D eigenvalue weighted by atomic mass is 35.5. The maximum atomic E-state index is 11.6. The van der Waals surface area contributed by atoms with E-state index in [2.05, 4.69) is 12.2 Å². The maximum absolute atomic E-state index is 11.6. The largest absolute Gasteiger partial charge is 0.494 e. The van der Waals surface area contributed by atoms with Crippen molar-refractivity contribution in [1.29, 1.82) is 0 Å². The van der Waals surface area contributed by atoms with Gasteiger partial charge in [-0.2, -0.15) is 0 Å². The second kappa shape index (κ2) is 8.77. The summed E-state index contributed by atoms with van der Waals surface area (Å²) in [5.74, 6) is 0.801. The summed E-state index contributed by atoms with van der Waals surface area (Å²) in [6.45, 7) is 7.06. The van der Waals surface area contributed by atoms with Crippen LogP contribution >= 0.6 is 12.4 Å². The van der Waals surface area contributed by atoms with Crippen LogP contribution in [0.15, 0.2) is 12.1 Å². The molecule has 0 saturated carbocycles. The minimum atomic E-state index is -0.0501. The van der Waals surface area contributed by atoms with Crippen LogP contribution in [-0.4, -0.2) is 19.1 Å². The van der Waals surface area contributed by atoms with Crippen LogP contribution in [0, 0.1) is 13.8 Å². The van der Waals surface area contributed by atoms with Gasteiger partial charge in [-0.15, -0.1) is 12.4 Å². The van der Waals surface area contributed by atoms with Gasteiger partial charge in [0.05, 0.1) is 6.61 Å². The van der Waals surface area contributed by atoms with Gasteiger partial charge in [-0.3, -0.25) is 4.79 Å². The monoisotopic (exact) mass is 286 g/mol. The van der Waals surface area contributed by atoms with Crippen molar-refractivity contribution in [2.24, 2.45) is 5.73 Å². The number of rotatable bonds is 6. The standard InChI is InChI=1S/C14H22N2O2.ClH/c1-4-7-18-12-8-10(2)14(11(3)9-12)16-13(17)5-6-15;/h8-9H,4-7,15H2,1-3H3,(H,16,17);1H. The molecule has 4 nitrogen and oxygen atoms in total. The molecule has 0 spiro atoms. The molecule has 0 aliphatic heterocycles. The molecule has 0 aromatic heterocycles. The van der Waals surface area contributed by atoms with Gasteiger partial charge in [0.15, 0.2) is 0 Å². The number of aryl methyl sites for hydroxylation is 2. The van der Waals surface area contributed by atoms with Gasteiger partial charge in [-0.25, -0.2) is 0 Å². The van der Waals surface area contributed by atoms with Gasteiger partial charge in [0.1, 0.15) is 5.75 Å². The van der Waals surface area contributed by atoms with E-state index in [0.29, 0.717) is 19.6 Å². The van der Waals surface area contributed by atoms with E-state index in [0.717, 1.165) is 29.0 Å². The second-order valence-corrected chi connectivity index (χ2v) is 4.37. The Kier molecular flexibility index (Phi) is 8.19. The van der Waals surface area contributed by atoms with Crippen LogP contribution in [0.25, 0.3) is 0 Å². The Bertz CT molecular complexity index is 399. The molecular weight excluding hydrogens is 264 g/mol. The molecule has 1 aromatic rings. The van der Waals surface area contributed by atoms with E-state index in [1.165, 1.54) is 0 Å². The minimum absolute atomic E-state index is 0. The highest BCUT2D eigenvalue weighted by Crippen LogP contribution is 2.26. The number of hydrogen-bond donors (Lipinski definition) is 2. The van der Waals surface area contributed by atoms with Gasteiger partial charge in [-0.05, 0) is 43.5 Å². The van der Waals surface area contributed by atoms with Gasteiger partial charge < -0.3 is 15.8 Å². The van der Waals surface area contributed by atoms with Crippen molar-refractivity contribution in [3.05, 3.63) is 23.3 Å². The number of carbonyl (C=O) groups excluding carboxylic acids is 1. The summed E-state index contributed by atoms with van der Waals surface area (Å²) in [7, 11) is 0. The van der Waals surface area contributed by atoms with Crippen LogP contribution < -0.4 is 15.8 Å². The Balaban J connectivity index is 0.00000324. The Morgan fingerprint density at radius 1 is 1.32 bits per heavy atom. The normalized spacial score (nSPS) is 9.68. The lowest BCUT2D eigenvalue weighted by Gasteiger charge is -2.14. The first kappa shape index (κ1) is 17.7. The predicted molar refractivity (Wildman–Crippen MR) is 81.3 cm³/mol. The number of hydrogen-bond acceptors (Lipinski definition) is 3. The molecule has 108 valence electrons. The number of anilines is 1. The van der Waals surface area contributed by atoms with Crippen molar-refractivity contribution in [2.75, 3.05) is 18.5 Å². The van der Waals surface area contributed by atoms with Gasteiger partial charge >= 0.3 is 0 Å². The quantitative estimate of drug-likeness (QED) is 0.845. The zero-order valence-corrected chi connectivity index (χ0v) is 12.6. The molecule has 5 heteroatoms. The fraction of sp³-hybridized carbons (Fsp3) is 0.500. The molecule has 0 aliphatic carbocycles. The molecule has 0 atom stereocenters. The number of carbonyl (C=O) groups is 1. The lowest BCUT2D eigenvalue weighted by molar-refractivity contribution is -0.116. The molecule has 1 amide bonds. The lowest BCUT2D eigenvalue weighted by atomic mass is 10.1. The van der Waals surface area contributed by atoms with Gasteiger partial charge in [-0.1, -0.05) is 6.92 Å². The summed E-state index contributed by atoms with van der Waals surface area (Å²) in [6.07, 6.45) is 1.32. The highest BCUT2D eigenvalue weighted by molar-refractivity contribution is 5.92. The molecule has 0 heterocycles. The number of nitrogens with two attached hydrogens (primary N) is 1. The van der Waals surface area contributed by atoms with E-state index in [9.17, 15) is 4.79 Å². The summed E-state index contributed by atoms with van der Waals surface area (Å²) in [4.78, 5) is 11.6. The molecular formula is C14H23ClN2O2. The molecule has 0 aliphatic rings. The first-order valence-electron chi connectivity index (χ1n) is 6.32. The highest BCUT2D eigenvalue weighted by Gasteiger charge is 2.09. The summed E-state index contributed by atoms with van der Waals surface area (Å²) in [5.41, 5.74) is 8.23. The van der Waals surface area contributed by atoms with Crippen molar-refractivity contribution >= 4 is 24.0 Å². The number of ether oxygens (including phenoxy) is 1. The molecule has 3 N–H and O–H groups in total. The summed E-state index contributed by atoms with van der Waals surface area (Å²) in [5, 5.41) is 2.89. The van der Waals surface area contributed by atoms with Gasteiger partial charge in [0.2, 0.25) is 5.91 Å². The van der Waals surface area contributed by atoms with Crippen molar-refractivity contribution in [1.82, 2.24) is 0 Å². The molecule has 0 fully saturated rings. The first-order chi connectivity index (χ1) is 8.58. The molecule has 0 bridgehead atoms. The smallest absolute Gasteiger partial charge is 0.225 e. The molecule has 0 saturated heterocycles. The van der Waals surface area contributed by atoms with E-state index in [-0.39, 0.29) is 18.3 Å². The van der Waals surface area contributed by atoms with Crippen LogP contribution in [0.2, 0.25) is 0 Å². The summed E-state index contributed by atoms with van der Waals surface area (Å²) < 4.78 is 5.59. The number of amides is 1. The zero-order chi connectivity index (χ0) is 13.5. The van der Waals surface area contributed by atoms with Gasteiger partial charge in [0.25, 0.3) is 0 Å². The van der Waals surface area contributed by atoms with E-state index in [1.807, 2.05) is 26.0 Å². The van der Waals surface area contributed by atoms with E-state index < -0.39 is 0 Å². The second-order valence-electron chi connectivity index (χ2n) is 4.37. The molecule has 1 aromatic carbocycles. The molecule has 0 radical (unpaired) electrons. The van der Waals surface area contributed by atoms with Gasteiger partial charge in [0, 0.05) is 18.7 Å². The molecule has 1 rings (SSSR count). The number of halogens is 1. The Morgan fingerprint density at radius 2 is 1.89 bits per heavy atom. The third kappa shape index (κ3) is 5.49. The van der Waals surface area contributed by atoms with Crippen molar-refractivity contribution in [3.63, 3.8) is 0 Å². The van der Waals surface area contributed by atoms with Crippen LogP contribution in [0.4, 0.5) is 5.69 Å². The van der Waals surface area contributed by atoms with E-state index in [1.54, 1.807) is 0 Å². The number of benzene rings is 1.